The topological polar surface area (TPSA) is 47.3 Å². The lowest BCUT2D eigenvalue weighted by atomic mass is 10.0. The van der Waals surface area contributed by atoms with Crippen LogP contribution in [-0.4, -0.2) is 21.3 Å². The number of alkyl halides is 2. The van der Waals surface area contributed by atoms with Crippen LogP contribution >= 0.6 is 0 Å². The summed E-state index contributed by atoms with van der Waals surface area (Å²) in [5.74, 6) is 0.839. The third-order valence-electron chi connectivity index (χ3n) is 3.06. The zero-order valence-corrected chi connectivity index (χ0v) is 11.0. The normalized spacial score (nSPS) is 12.7. The van der Waals surface area contributed by atoms with E-state index in [-0.39, 0.29) is 5.75 Å². The number of aliphatic hydroxyl groups is 1. The van der Waals surface area contributed by atoms with E-state index >= 15 is 0 Å². The molecule has 0 amide bonds. The Kier molecular flexibility index (Phi) is 4.68. The first-order chi connectivity index (χ1) is 9.58. The maximum atomic E-state index is 12.3. The summed E-state index contributed by atoms with van der Waals surface area (Å²) in [7, 11) is 1.86. The van der Waals surface area contributed by atoms with Crippen LogP contribution in [0.1, 0.15) is 23.9 Å². The van der Waals surface area contributed by atoms with Crippen molar-refractivity contribution in [1.29, 1.82) is 0 Å². The molecule has 0 aliphatic carbocycles. The molecule has 0 saturated heterocycles. The molecule has 0 radical (unpaired) electrons. The van der Waals surface area contributed by atoms with E-state index < -0.39 is 12.7 Å². The molecule has 2 rings (SSSR count). The van der Waals surface area contributed by atoms with Crippen molar-refractivity contribution in [3.05, 3.63) is 48.0 Å². The average Bonchev–Trinajstić information content (AvgIpc) is 2.81. The van der Waals surface area contributed by atoms with Crippen LogP contribution in [0.3, 0.4) is 0 Å². The zero-order valence-electron chi connectivity index (χ0n) is 11.0. The van der Waals surface area contributed by atoms with Gasteiger partial charge in [0.2, 0.25) is 0 Å². The Morgan fingerprint density at radius 1 is 1.35 bits per heavy atom. The zero-order chi connectivity index (χ0) is 14.5. The third-order valence-corrected chi connectivity index (χ3v) is 3.06. The highest BCUT2D eigenvalue weighted by molar-refractivity contribution is 5.35. The van der Waals surface area contributed by atoms with Gasteiger partial charge in [-0.2, -0.15) is 8.78 Å². The van der Waals surface area contributed by atoms with E-state index in [2.05, 4.69) is 9.72 Å². The van der Waals surface area contributed by atoms with Crippen molar-refractivity contribution >= 4 is 0 Å². The maximum Gasteiger partial charge on any atom is 0.387 e. The van der Waals surface area contributed by atoms with Crippen molar-refractivity contribution in [3.8, 4) is 5.75 Å². The molecule has 2 aromatic rings. The Morgan fingerprint density at radius 2 is 2.10 bits per heavy atom. The quantitative estimate of drug-likeness (QED) is 0.886. The number of imidazole rings is 1. The second-order valence-electron chi connectivity index (χ2n) is 4.43. The highest BCUT2D eigenvalue weighted by atomic mass is 19.3. The molecule has 108 valence electrons. The summed E-state index contributed by atoms with van der Waals surface area (Å²) in [6.45, 7) is -2.90. The van der Waals surface area contributed by atoms with Gasteiger partial charge in [-0.05, 0) is 12.5 Å². The molecule has 0 fully saturated rings. The number of benzene rings is 1. The molecule has 1 N–H and O–H groups in total. The molecular weight excluding hydrogens is 266 g/mol. The van der Waals surface area contributed by atoms with Gasteiger partial charge in [0.05, 0.1) is 6.10 Å². The molecule has 1 unspecified atom stereocenters. The summed E-state index contributed by atoms with van der Waals surface area (Å²) in [6.07, 6.45) is 3.55. The molecule has 6 heteroatoms. The molecule has 4 nitrogen and oxygen atoms in total. The molecule has 0 aliphatic rings. The molecule has 1 aromatic carbocycles. The highest BCUT2D eigenvalue weighted by Gasteiger charge is 2.16. The van der Waals surface area contributed by atoms with Crippen LogP contribution in [0.2, 0.25) is 0 Å². The van der Waals surface area contributed by atoms with Gasteiger partial charge in [-0.15, -0.1) is 0 Å². The fraction of sp³-hybridized carbons (Fsp3) is 0.357. The predicted octanol–water partition coefficient (Wildman–Crippen LogP) is 2.69. The van der Waals surface area contributed by atoms with Crippen LogP contribution in [0.25, 0.3) is 0 Å². The minimum atomic E-state index is -2.90. The molecule has 0 bridgehead atoms. The van der Waals surface area contributed by atoms with Gasteiger partial charge in [-0.3, -0.25) is 0 Å². The number of ether oxygens (including phenoxy) is 1. The second kappa shape index (κ2) is 6.47. The van der Waals surface area contributed by atoms with E-state index in [1.165, 1.54) is 6.07 Å². The van der Waals surface area contributed by atoms with Crippen LogP contribution in [0, 0.1) is 0 Å². The predicted molar refractivity (Wildman–Crippen MR) is 69.6 cm³/mol. The van der Waals surface area contributed by atoms with Crippen LogP contribution < -0.4 is 4.74 Å². The fourth-order valence-electron chi connectivity index (χ4n) is 2.02. The van der Waals surface area contributed by atoms with Crippen LogP contribution in [-0.2, 0) is 13.5 Å². The number of hydrogen-bond donors (Lipinski definition) is 1. The first-order valence-corrected chi connectivity index (χ1v) is 6.26. The standard InChI is InChI=1S/C14H16F2N2O2/c1-18-9-8-17-13(18)7-6-11(19)10-4-2-3-5-12(10)20-14(15)16/h2-5,8-9,11,14,19H,6-7H2,1H3. The Morgan fingerprint density at radius 3 is 2.75 bits per heavy atom. The van der Waals surface area contributed by atoms with E-state index in [1.807, 2.05) is 17.8 Å². The number of halogens is 2. The van der Waals surface area contributed by atoms with Crippen LogP contribution in [0.5, 0.6) is 5.75 Å². The van der Waals surface area contributed by atoms with Crippen molar-refractivity contribution < 1.29 is 18.6 Å². The SMILES string of the molecule is Cn1ccnc1CCC(O)c1ccccc1OC(F)F. The molecule has 1 atom stereocenters. The fourth-order valence-corrected chi connectivity index (χ4v) is 2.02. The van der Waals surface area contributed by atoms with Gasteiger partial charge in [-0.1, -0.05) is 18.2 Å². The molecule has 1 aromatic heterocycles. The summed E-state index contributed by atoms with van der Waals surface area (Å²) in [5, 5.41) is 10.1. The largest absolute Gasteiger partial charge is 0.434 e. The molecule has 1 heterocycles. The molecule has 0 saturated carbocycles. The van der Waals surface area contributed by atoms with Gasteiger partial charge in [-0.25, -0.2) is 4.98 Å². The van der Waals surface area contributed by atoms with Gasteiger partial charge in [0, 0.05) is 31.4 Å². The van der Waals surface area contributed by atoms with Gasteiger partial charge >= 0.3 is 6.61 Å². The minimum absolute atomic E-state index is 0.00911. The summed E-state index contributed by atoms with van der Waals surface area (Å²) < 4.78 is 30.9. The summed E-state index contributed by atoms with van der Waals surface area (Å²) >= 11 is 0. The molecule has 0 aliphatic heterocycles. The summed E-state index contributed by atoms with van der Waals surface area (Å²) in [4.78, 5) is 4.15. The molecule has 20 heavy (non-hydrogen) atoms. The number of para-hydroxylation sites is 1. The van der Waals surface area contributed by atoms with Crippen molar-refractivity contribution in [3.63, 3.8) is 0 Å². The van der Waals surface area contributed by atoms with E-state index in [1.54, 1.807) is 24.4 Å². The van der Waals surface area contributed by atoms with Crippen molar-refractivity contribution in [2.24, 2.45) is 7.05 Å². The first-order valence-electron chi connectivity index (χ1n) is 6.26. The number of aliphatic hydroxyl groups excluding tert-OH is 1. The van der Waals surface area contributed by atoms with E-state index in [0.29, 0.717) is 18.4 Å². The lowest BCUT2D eigenvalue weighted by molar-refractivity contribution is -0.0516. The Bertz CT molecular complexity index is 558. The van der Waals surface area contributed by atoms with Crippen LogP contribution in [0.15, 0.2) is 36.7 Å². The number of hydrogen-bond acceptors (Lipinski definition) is 3. The van der Waals surface area contributed by atoms with E-state index in [0.717, 1.165) is 5.82 Å². The first kappa shape index (κ1) is 14.5. The number of nitrogens with zero attached hydrogens (tertiary/aromatic N) is 2. The Hall–Kier alpha value is -1.95. The van der Waals surface area contributed by atoms with E-state index in [9.17, 15) is 13.9 Å². The molecular formula is C14H16F2N2O2. The highest BCUT2D eigenvalue weighted by Crippen LogP contribution is 2.29. The van der Waals surface area contributed by atoms with E-state index in [4.69, 9.17) is 0 Å². The average molecular weight is 282 g/mol. The van der Waals surface area contributed by atoms with Gasteiger partial charge < -0.3 is 14.4 Å². The number of aromatic nitrogens is 2. The maximum absolute atomic E-state index is 12.3. The van der Waals surface area contributed by atoms with Crippen molar-refractivity contribution in [1.82, 2.24) is 9.55 Å². The number of aryl methyl sites for hydroxylation is 2. The van der Waals surface area contributed by atoms with Crippen molar-refractivity contribution in [2.45, 2.75) is 25.6 Å². The van der Waals surface area contributed by atoms with Gasteiger partial charge in [0.15, 0.2) is 0 Å². The van der Waals surface area contributed by atoms with Gasteiger partial charge in [0.25, 0.3) is 0 Å². The third kappa shape index (κ3) is 3.54. The lowest BCUT2D eigenvalue weighted by Crippen LogP contribution is -2.08. The summed E-state index contributed by atoms with van der Waals surface area (Å²) in [6, 6.07) is 6.27. The van der Waals surface area contributed by atoms with Crippen LogP contribution in [0.4, 0.5) is 8.78 Å². The Labute approximate surface area is 115 Å². The summed E-state index contributed by atoms with van der Waals surface area (Å²) in [5.41, 5.74) is 0.363. The second-order valence-corrected chi connectivity index (χ2v) is 4.43. The minimum Gasteiger partial charge on any atom is -0.434 e. The lowest BCUT2D eigenvalue weighted by Gasteiger charge is -2.15. The van der Waals surface area contributed by atoms with Crippen molar-refractivity contribution in [2.75, 3.05) is 0 Å². The van der Waals surface area contributed by atoms with Gasteiger partial charge in [0.1, 0.15) is 11.6 Å². The number of rotatable bonds is 6. The molecule has 0 spiro atoms. The smallest absolute Gasteiger partial charge is 0.387 e. The monoisotopic (exact) mass is 282 g/mol. The Balaban J connectivity index is 2.05.